The monoisotopic (exact) mass is 249 g/mol. The van der Waals surface area contributed by atoms with Crippen LogP contribution in [0.1, 0.15) is 35.1 Å². The van der Waals surface area contributed by atoms with Crippen LogP contribution in [0.25, 0.3) is 0 Å². The summed E-state index contributed by atoms with van der Waals surface area (Å²) in [5.41, 5.74) is -0.520. The molecule has 0 aliphatic rings. The lowest BCUT2D eigenvalue weighted by Gasteiger charge is -2.08. The molecule has 3 nitrogen and oxygen atoms in total. The molecule has 0 fully saturated rings. The van der Waals surface area contributed by atoms with Crippen molar-refractivity contribution in [3.63, 3.8) is 0 Å². The second-order valence-corrected chi connectivity index (χ2v) is 3.43. The molecule has 6 heteroatoms. The minimum Gasteiger partial charge on any atom is -0.461 e. The third-order valence-electron chi connectivity index (χ3n) is 1.94. The number of rotatable bonds is 3. The van der Waals surface area contributed by atoms with Gasteiger partial charge in [-0.1, -0.05) is 11.6 Å². The fraction of sp³-hybridized carbons (Fsp3) is 0.400. The molecule has 0 saturated heterocycles. The smallest absolute Gasteiger partial charge is 0.356 e. The molecule has 16 heavy (non-hydrogen) atoms. The van der Waals surface area contributed by atoms with Gasteiger partial charge >= 0.3 is 5.97 Å². The van der Waals surface area contributed by atoms with Crippen LogP contribution in [0.3, 0.4) is 0 Å². The van der Waals surface area contributed by atoms with Gasteiger partial charge < -0.3 is 4.74 Å². The number of hydrogen-bond donors (Lipinski definition) is 0. The van der Waals surface area contributed by atoms with E-state index in [0.29, 0.717) is 0 Å². The number of aromatic nitrogens is 1. The van der Waals surface area contributed by atoms with Gasteiger partial charge in [0.25, 0.3) is 6.43 Å². The number of nitrogens with zero attached hydrogens (tertiary/aromatic N) is 1. The first-order valence-electron chi connectivity index (χ1n) is 4.59. The molecule has 0 saturated carbocycles. The Labute approximate surface area is 96.4 Å². The summed E-state index contributed by atoms with van der Waals surface area (Å²) in [6.07, 6.45) is -2.77. The minimum absolute atomic E-state index is 0.0772. The molecule has 0 N–H and O–H groups in total. The molecule has 88 valence electrons. The molecule has 0 aromatic carbocycles. The molecule has 0 spiro atoms. The van der Waals surface area contributed by atoms with Gasteiger partial charge in [-0.2, -0.15) is 0 Å². The number of halogens is 3. The SMILES string of the molecule is CCOC(=O)c1cc(Cl)c(C)c(C(F)F)n1. The van der Waals surface area contributed by atoms with Gasteiger partial charge in [0.2, 0.25) is 0 Å². The summed E-state index contributed by atoms with van der Waals surface area (Å²) in [5, 5.41) is 0.0772. The van der Waals surface area contributed by atoms with Gasteiger partial charge in [0, 0.05) is 5.02 Å². The van der Waals surface area contributed by atoms with Crippen LogP contribution >= 0.6 is 11.6 Å². The second kappa shape index (κ2) is 5.21. The van der Waals surface area contributed by atoms with E-state index in [2.05, 4.69) is 9.72 Å². The lowest BCUT2D eigenvalue weighted by Crippen LogP contribution is -2.10. The van der Waals surface area contributed by atoms with Gasteiger partial charge in [-0.25, -0.2) is 18.6 Å². The van der Waals surface area contributed by atoms with E-state index in [1.54, 1.807) is 6.92 Å². The van der Waals surface area contributed by atoms with E-state index >= 15 is 0 Å². The predicted octanol–water partition coefficient (Wildman–Crippen LogP) is 3.16. The normalized spacial score (nSPS) is 10.6. The van der Waals surface area contributed by atoms with Crippen LogP contribution in [-0.4, -0.2) is 17.6 Å². The number of hydrogen-bond acceptors (Lipinski definition) is 3. The fourth-order valence-electron chi connectivity index (χ4n) is 1.12. The zero-order valence-corrected chi connectivity index (χ0v) is 9.52. The summed E-state index contributed by atoms with van der Waals surface area (Å²) >= 11 is 5.73. The van der Waals surface area contributed by atoms with E-state index in [4.69, 9.17) is 11.6 Å². The Balaban J connectivity index is 3.18. The zero-order chi connectivity index (χ0) is 12.3. The summed E-state index contributed by atoms with van der Waals surface area (Å²) in [7, 11) is 0. The van der Waals surface area contributed by atoms with Gasteiger partial charge in [-0.05, 0) is 25.5 Å². The summed E-state index contributed by atoms with van der Waals surface area (Å²) in [4.78, 5) is 14.8. The van der Waals surface area contributed by atoms with E-state index in [1.807, 2.05) is 0 Å². The van der Waals surface area contributed by atoms with E-state index in [1.165, 1.54) is 13.0 Å². The standard InChI is InChI=1S/C10H10ClF2NO2/c1-3-16-10(15)7-4-6(11)5(2)8(14-7)9(12)13/h4,9H,3H2,1-2H3. The second-order valence-electron chi connectivity index (χ2n) is 3.02. The zero-order valence-electron chi connectivity index (χ0n) is 8.76. The largest absolute Gasteiger partial charge is 0.461 e. The molecule has 0 amide bonds. The Kier molecular flexibility index (Phi) is 4.18. The Hall–Kier alpha value is -1.23. The molecule has 1 rings (SSSR count). The molecule has 0 atom stereocenters. The van der Waals surface area contributed by atoms with Gasteiger partial charge in [0.1, 0.15) is 11.4 Å². The first kappa shape index (κ1) is 12.8. The maximum absolute atomic E-state index is 12.6. The first-order valence-corrected chi connectivity index (χ1v) is 4.97. The summed E-state index contributed by atoms with van der Waals surface area (Å²) < 4.78 is 29.8. The molecule has 0 bridgehead atoms. The third kappa shape index (κ3) is 2.66. The van der Waals surface area contributed by atoms with Crippen LogP contribution in [0.4, 0.5) is 8.78 Å². The number of carbonyl (C=O) groups is 1. The first-order chi connectivity index (χ1) is 7.47. The average molecular weight is 250 g/mol. The van der Waals surface area contributed by atoms with Crippen molar-refractivity contribution in [1.29, 1.82) is 0 Å². The summed E-state index contributed by atoms with van der Waals surface area (Å²) in [6, 6.07) is 1.22. The number of alkyl halides is 2. The number of carbonyl (C=O) groups excluding carboxylic acids is 1. The average Bonchev–Trinajstić information content (AvgIpc) is 2.21. The van der Waals surface area contributed by atoms with Gasteiger partial charge in [0.05, 0.1) is 6.61 Å². The molecule has 0 radical (unpaired) electrons. The number of esters is 1. The van der Waals surface area contributed by atoms with Crippen LogP contribution in [0.2, 0.25) is 5.02 Å². The highest BCUT2D eigenvalue weighted by molar-refractivity contribution is 6.31. The van der Waals surface area contributed by atoms with Crippen LogP contribution in [0.5, 0.6) is 0 Å². The highest BCUT2D eigenvalue weighted by Gasteiger charge is 2.19. The molecule has 0 aliphatic carbocycles. The molecular weight excluding hydrogens is 240 g/mol. The van der Waals surface area contributed by atoms with Crippen molar-refractivity contribution in [1.82, 2.24) is 4.98 Å². The van der Waals surface area contributed by atoms with Crippen molar-refractivity contribution in [3.05, 3.63) is 28.0 Å². The van der Waals surface area contributed by atoms with Crippen molar-refractivity contribution < 1.29 is 18.3 Å². The lowest BCUT2D eigenvalue weighted by atomic mass is 10.2. The molecule has 0 unspecified atom stereocenters. The Morgan fingerprint density at radius 3 is 2.75 bits per heavy atom. The van der Waals surface area contributed by atoms with Crippen molar-refractivity contribution in [2.45, 2.75) is 20.3 Å². The Bertz CT molecular complexity index is 410. The van der Waals surface area contributed by atoms with Crippen LogP contribution in [-0.2, 0) is 4.74 Å². The van der Waals surface area contributed by atoms with E-state index in [9.17, 15) is 13.6 Å². The molecule has 1 heterocycles. The van der Waals surface area contributed by atoms with Crippen molar-refractivity contribution in [3.8, 4) is 0 Å². The highest BCUT2D eigenvalue weighted by atomic mass is 35.5. The Morgan fingerprint density at radius 2 is 2.25 bits per heavy atom. The highest BCUT2D eigenvalue weighted by Crippen LogP contribution is 2.26. The van der Waals surface area contributed by atoms with Crippen molar-refractivity contribution in [2.24, 2.45) is 0 Å². The van der Waals surface area contributed by atoms with Crippen molar-refractivity contribution in [2.75, 3.05) is 6.61 Å². The van der Waals surface area contributed by atoms with Crippen LogP contribution in [0, 0.1) is 6.92 Å². The topological polar surface area (TPSA) is 39.2 Å². The third-order valence-corrected chi connectivity index (χ3v) is 2.33. The van der Waals surface area contributed by atoms with Gasteiger partial charge in [-0.15, -0.1) is 0 Å². The Morgan fingerprint density at radius 1 is 1.62 bits per heavy atom. The van der Waals surface area contributed by atoms with Crippen LogP contribution < -0.4 is 0 Å². The number of pyridine rings is 1. The minimum atomic E-state index is -2.77. The quantitative estimate of drug-likeness (QED) is 0.773. The van der Waals surface area contributed by atoms with E-state index in [-0.39, 0.29) is 22.9 Å². The lowest BCUT2D eigenvalue weighted by molar-refractivity contribution is 0.0518. The van der Waals surface area contributed by atoms with E-state index < -0.39 is 18.1 Å². The van der Waals surface area contributed by atoms with Crippen molar-refractivity contribution >= 4 is 17.6 Å². The summed E-state index contributed by atoms with van der Waals surface area (Å²) in [5.74, 6) is -0.758. The predicted molar refractivity (Wildman–Crippen MR) is 54.9 cm³/mol. The fourth-order valence-corrected chi connectivity index (χ4v) is 1.32. The molecular formula is C10H10ClF2NO2. The maximum atomic E-state index is 12.6. The molecule has 1 aromatic rings. The number of ether oxygens (including phenoxy) is 1. The van der Waals surface area contributed by atoms with Crippen LogP contribution in [0.15, 0.2) is 6.07 Å². The molecule has 0 aliphatic heterocycles. The summed E-state index contributed by atoms with van der Waals surface area (Å²) in [6.45, 7) is 3.18. The van der Waals surface area contributed by atoms with Gasteiger partial charge in [0.15, 0.2) is 0 Å². The van der Waals surface area contributed by atoms with E-state index in [0.717, 1.165) is 0 Å². The molecule has 1 aromatic heterocycles. The maximum Gasteiger partial charge on any atom is 0.356 e. The van der Waals surface area contributed by atoms with Gasteiger partial charge in [-0.3, -0.25) is 0 Å².